The van der Waals surface area contributed by atoms with Gasteiger partial charge in [0.25, 0.3) is 0 Å². The van der Waals surface area contributed by atoms with Gasteiger partial charge in [0.2, 0.25) is 5.91 Å². The van der Waals surface area contributed by atoms with Gasteiger partial charge >= 0.3 is 0 Å². The molecule has 0 spiro atoms. The van der Waals surface area contributed by atoms with Crippen LogP contribution in [-0.2, 0) is 17.8 Å². The van der Waals surface area contributed by atoms with E-state index in [4.69, 9.17) is 16.0 Å². The molecule has 8 heteroatoms. The largest absolute Gasteiger partial charge is 0.441 e. The minimum atomic E-state index is -0.311. The number of oxazole rings is 1. The van der Waals surface area contributed by atoms with E-state index in [9.17, 15) is 9.18 Å². The molecule has 1 aromatic carbocycles. The first-order valence-electron chi connectivity index (χ1n) is 8.67. The van der Waals surface area contributed by atoms with Crippen LogP contribution in [-0.4, -0.2) is 20.3 Å². The number of nitrogens with zero attached hydrogens (tertiary/aromatic N) is 3. The first kappa shape index (κ1) is 18.2. The van der Waals surface area contributed by atoms with Crippen molar-refractivity contribution in [3.05, 3.63) is 77.4 Å². The van der Waals surface area contributed by atoms with Gasteiger partial charge in [-0.15, -0.1) is 0 Å². The third-order valence-corrected chi connectivity index (χ3v) is 4.40. The van der Waals surface area contributed by atoms with Crippen LogP contribution in [0.15, 0.2) is 59.4 Å². The second-order valence-corrected chi connectivity index (χ2v) is 6.68. The predicted octanol–water partition coefficient (Wildman–Crippen LogP) is 4.03. The molecule has 0 unspecified atom stereocenters. The minimum Gasteiger partial charge on any atom is -0.441 e. The predicted molar refractivity (Wildman–Crippen MR) is 102 cm³/mol. The van der Waals surface area contributed by atoms with Crippen molar-refractivity contribution in [1.29, 1.82) is 0 Å². The third-order valence-electron chi connectivity index (χ3n) is 4.18. The van der Waals surface area contributed by atoms with Gasteiger partial charge in [-0.1, -0.05) is 11.6 Å². The highest BCUT2D eigenvalue weighted by Gasteiger charge is 2.10. The summed E-state index contributed by atoms with van der Waals surface area (Å²) in [7, 11) is 0. The second kappa shape index (κ2) is 7.82. The zero-order valence-corrected chi connectivity index (χ0v) is 15.5. The number of pyridine rings is 1. The molecule has 28 heavy (non-hydrogen) atoms. The maximum Gasteiger partial charge on any atom is 0.220 e. The van der Waals surface area contributed by atoms with E-state index < -0.39 is 0 Å². The lowest BCUT2D eigenvalue weighted by atomic mass is 10.2. The number of amides is 1. The molecule has 4 aromatic rings. The van der Waals surface area contributed by atoms with Gasteiger partial charge in [-0.2, -0.15) is 0 Å². The molecule has 0 fully saturated rings. The summed E-state index contributed by atoms with van der Waals surface area (Å²) in [5.41, 5.74) is 2.24. The fourth-order valence-electron chi connectivity index (χ4n) is 2.77. The molecule has 4 rings (SSSR count). The summed E-state index contributed by atoms with van der Waals surface area (Å²) < 4.78 is 20.4. The highest BCUT2D eigenvalue weighted by atomic mass is 35.5. The summed E-state index contributed by atoms with van der Waals surface area (Å²) in [6.45, 7) is 0.324. The Morgan fingerprint density at radius 2 is 2.00 bits per heavy atom. The van der Waals surface area contributed by atoms with E-state index in [1.807, 2.05) is 16.7 Å². The third kappa shape index (κ3) is 4.20. The van der Waals surface area contributed by atoms with Crippen LogP contribution >= 0.6 is 11.6 Å². The van der Waals surface area contributed by atoms with Crippen LogP contribution in [0.4, 0.5) is 4.39 Å². The number of halogens is 2. The topological polar surface area (TPSA) is 72.4 Å². The van der Waals surface area contributed by atoms with Crippen LogP contribution in [0.1, 0.15) is 18.0 Å². The molecule has 6 nitrogen and oxygen atoms in total. The van der Waals surface area contributed by atoms with Crippen LogP contribution in [0.5, 0.6) is 0 Å². The second-order valence-electron chi connectivity index (χ2n) is 6.25. The Labute approximate surface area is 165 Å². The molecule has 0 aliphatic heterocycles. The Kier molecular flexibility index (Phi) is 5.08. The van der Waals surface area contributed by atoms with Gasteiger partial charge in [0, 0.05) is 30.8 Å². The standard InChI is InChI=1S/C20H16ClFN4O2/c21-14-3-6-18-25-16(12-26(18)11-14)9-23-19(27)7-8-20-24-10-17(28-20)13-1-4-15(22)5-2-13/h1-6,10-12H,7-9H2,(H,23,27). The van der Waals surface area contributed by atoms with Crippen molar-refractivity contribution < 1.29 is 13.6 Å². The summed E-state index contributed by atoms with van der Waals surface area (Å²) in [4.78, 5) is 20.7. The minimum absolute atomic E-state index is 0.128. The van der Waals surface area contributed by atoms with Gasteiger partial charge in [-0.25, -0.2) is 14.4 Å². The fourth-order valence-corrected chi connectivity index (χ4v) is 2.94. The van der Waals surface area contributed by atoms with Gasteiger partial charge in [-0.05, 0) is 36.4 Å². The molecule has 0 aliphatic rings. The van der Waals surface area contributed by atoms with Crippen molar-refractivity contribution in [3.8, 4) is 11.3 Å². The number of carbonyl (C=O) groups is 1. The number of hydrogen-bond acceptors (Lipinski definition) is 4. The molecule has 0 radical (unpaired) electrons. The van der Waals surface area contributed by atoms with Gasteiger partial charge in [0.05, 0.1) is 23.5 Å². The number of carbonyl (C=O) groups excluding carboxylic acids is 1. The lowest BCUT2D eigenvalue weighted by molar-refractivity contribution is -0.121. The maximum atomic E-state index is 13.0. The summed E-state index contributed by atoms with van der Waals surface area (Å²) >= 11 is 5.95. The number of nitrogens with one attached hydrogen (secondary N) is 1. The van der Waals surface area contributed by atoms with Gasteiger partial charge in [-0.3, -0.25) is 4.79 Å². The molecule has 1 amide bonds. The van der Waals surface area contributed by atoms with Crippen molar-refractivity contribution in [1.82, 2.24) is 19.7 Å². The number of aromatic nitrogens is 3. The average molecular weight is 399 g/mol. The molecular formula is C20H16ClFN4O2. The molecule has 0 bridgehead atoms. The van der Waals surface area contributed by atoms with Gasteiger partial charge in [0.1, 0.15) is 11.5 Å². The SMILES string of the molecule is O=C(CCc1ncc(-c2ccc(F)cc2)o1)NCc1cn2cc(Cl)ccc2n1. The number of aryl methyl sites for hydroxylation is 1. The average Bonchev–Trinajstić information content (AvgIpc) is 3.31. The molecular weight excluding hydrogens is 383 g/mol. The lowest BCUT2D eigenvalue weighted by Gasteiger charge is -2.01. The van der Waals surface area contributed by atoms with Crippen molar-refractivity contribution in [2.75, 3.05) is 0 Å². The number of hydrogen-bond donors (Lipinski definition) is 1. The van der Waals surface area contributed by atoms with Crippen molar-refractivity contribution in [2.24, 2.45) is 0 Å². The van der Waals surface area contributed by atoms with E-state index in [1.54, 1.807) is 30.6 Å². The Morgan fingerprint density at radius 3 is 2.82 bits per heavy atom. The van der Waals surface area contributed by atoms with Gasteiger partial charge < -0.3 is 14.1 Å². The summed E-state index contributed by atoms with van der Waals surface area (Å²) in [5, 5.41) is 3.45. The van der Waals surface area contributed by atoms with Crippen LogP contribution in [0.3, 0.4) is 0 Å². The zero-order valence-electron chi connectivity index (χ0n) is 14.7. The Morgan fingerprint density at radius 1 is 1.18 bits per heavy atom. The first-order valence-corrected chi connectivity index (χ1v) is 9.05. The molecule has 3 heterocycles. The van der Waals surface area contributed by atoms with Crippen molar-refractivity contribution >= 4 is 23.2 Å². The number of fused-ring (bicyclic) bond motifs is 1. The smallest absolute Gasteiger partial charge is 0.220 e. The van der Waals surface area contributed by atoms with Crippen molar-refractivity contribution in [3.63, 3.8) is 0 Å². The quantitative estimate of drug-likeness (QED) is 0.532. The Balaban J connectivity index is 1.30. The van der Waals surface area contributed by atoms with E-state index in [0.29, 0.717) is 29.6 Å². The van der Waals surface area contributed by atoms with Crippen LogP contribution < -0.4 is 5.32 Å². The van der Waals surface area contributed by atoms with E-state index in [0.717, 1.165) is 16.9 Å². The number of imidazole rings is 1. The fraction of sp³-hybridized carbons (Fsp3) is 0.150. The van der Waals surface area contributed by atoms with E-state index >= 15 is 0 Å². The van der Waals surface area contributed by atoms with Crippen molar-refractivity contribution in [2.45, 2.75) is 19.4 Å². The molecule has 3 aromatic heterocycles. The maximum absolute atomic E-state index is 13.0. The zero-order chi connectivity index (χ0) is 19.5. The number of benzene rings is 1. The van der Waals surface area contributed by atoms with Crippen LogP contribution in [0.2, 0.25) is 5.02 Å². The van der Waals surface area contributed by atoms with Crippen LogP contribution in [0.25, 0.3) is 17.0 Å². The van der Waals surface area contributed by atoms with E-state index in [2.05, 4.69) is 15.3 Å². The Bertz CT molecular complexity index is 1120. The first-order chi connectivity index (χ1) is 13.6. The molecule has 0 saturated carbocycles. The highest BCUT2D eigenvalue weighted by molar-refractivity contribution is 6.30. The normalized spacial score (nSPS) is 11.1. The van der Waals surface area contributed by atoms with E-state index in [1.165, 1.54) is 12.1 Å². The molecule has 1 N–H and O–H groups in total. The molecule has 0 saturated heterocycles. The monoisotopic (exact) mass is 398 g/mol. The molecule has 0 aliphatic carbocycles. The summed E-state index contributed by atoms with van der Waals surface area (Å²) in [6.07, 6.45) is 5.76. The lowest BCUT2D eigenvalue weighted by Crippen LogP contribution is -2.23. The number of rotatable bonds is 6. The van der Waals surface area contributed by atoms with Gasteiger partial charge in [0.15, 0.2) is 11.7 Å². The summed E-state index contributed by atoms with van der Waals surface area (Å²) in [5.74, 6) is 0.557. The summed E-state index contributed by atoms with van der Waals surface area (Å²) in [6, 6.07) is 9.54. The van der Waals surface area contributed by atoms with Crippen LogP contribution in [0, 0.1) is 5.82 Å². The highest BCUT2D eigenvalue weighted by Crippen LogP contribution is 2.21. The van der Waals surface area contributed by atoms with E-state index in [-0.39, 0.29) is 18.1 Å². The molecule has 0 atom stereocenters. The Hall–Kier alpha value is -3.19. The molecule has 142 valence electrons.